The molecule has 1 aromatic heterocycles. The van der Waals surface area contributed by atoms with Crippen LogP contribution in [0, 0.1) is 11.3 Å². The van der Waals surface area contributed by atoms with Gasteiger partial charge in [0.25, 0.3) is 0 Å². The van der Waals surface area contributed by atoms with Crippen molar-refractivity contribution < 1.29 is 0 Å². The molecule has 2 heterocycles. The van der Waals surface area contributed by atoms with Gasteiger partial charge in [0.1, 0.15) is 6.07 Å². The van der Waals surface area contributed by atoms with Crippen LogP contribution in [0.5, 0.6) is 0 Å². The zero-order chi connectivity index (χ0) is 13.0. The highest BCUT2D eigenvalue weighted by atomic mass is 15.2. The van der Waals surface area contributed by atoms with Crippen LogP contribution in [-0.2, 0) is 0 Å². The normalized spacial score (nSPS) is 20.6. The van der Waals surface area contributed by atoms with Crippen LogP contribution in [-0.4, -0.2) is 43.1 Å². The fourth-order valence-corrected chi connectivity index (χ4v) is 2.57. The molecule has 1 aliphatic heterocycles. The smallest absolute Gasteiger partial charge is 0.101 e. The number of pyridine rings is 1. The van der Waals surface area contributed by atoms with Gasteiger partial charge in [0.15, 0.2) is 0 Å². The number of aromatic nitrogens is 1. The lowest BCUT2D eigenvalue weighted by molar-refractivity contribution is 0.272. The number of nitrogens with zero attached hydrogens (tertiary/aromatic N) is 4. The molecule has 0 aliphatic carbocycles. The highest BCUT2D eigenvalue weighted by Crippen LogP contribution is 2.23. The summed E-state index contributed by atoms with van der Waals surface area (Å²) in [5, 5.41) is 9.15. The van der Waals surface area contributed by atoms with Gasteiger partial charge in [-0.2, -0.15) is 5.26 Å². The second-order valence-electron chi connectivity index (χ2n) is 5.04. The van der Waals surface area contributed by atoms with E-state index in [0.717, 1.165) is 30.8 Å². The van der Waals surface area contributed by atoms with Crippen molar-refractivity contribution in [2.24, 2.45) is 0 Å². The van der Waals surface area contributed by atoms with E-state index in [0.29, 0.717) is 6.04 Å². The fraction of sp³-hybridized carbons (Fsp3) is 0.571. The number of rotatable bonds is 2. The second-order valence-corrected chi connectivity index (χ2v) is 5.04. The molecule has 2 rings (SSSR count). The number of anilines is 1. The first kappa shape index (κ1) is 12.8. The van der Waals surface area contributed by atoms with Crippen molar-refractivity contribution in [3.8, 4) is 6.07 Å². The summed E-state index contributed by atoms with van der Waals surface area (Å²) in [6, 6.07) is 4.70. The van der Waals surface area contributed by atoms with Gasteiger partial charge < -0.3 is 9.80 Å². The van der Waals surface area contributed by atoms with E-state index in [-0.39, 0.29) is 0 Å². The van der Waals surface area contributed by atoms with Gasteiger partial charge in [-0.1, -0.05) is 0 Å². The van der Waals surface area contributed by atoms with Crippen LogP contribution in [0.2, 0.25) is 0 Å². The molecule has 1 atom stereocenters. The average Bonchev–Trinajstić information content (AvgIpc) is 2.64. The fourth-order valence-electron chi connectivity index (χ4n) is 2.57. The maximum absolute atomic E-state index is 9.15. The molecule has 0 aromatic carbocycles. The minimum Gasteiger partial charge on any atom is -0.369 e. The van der Waals surface area contributed by atoms with Crippen molar-refractivity contribution in [2.75, 3.05) is 32.1 Å². The first-order chi connectivity index (χ1) is 8.72. The van der Waals surface area contributed by atoms with Crippen molar-refractivity contribution in [1.82, 2.24) is 9.88 Å². The molecule has 1 saturated heterocycles. The molecule has 0 spiro atoms. The van der Waals surface area contributed by atoms with Crippen LogP contribution in [0.15, 0.2) is 18.5 Å². The van der Waals surface area contributed by atoms with Crippen LogP contribution >= 0.6 is 0 Å². The monoisotopic (exact) mass is 244 g/mol. The predicted octanol–water partition coefficient (Wildman–Crippen LogP) is 1.87. The topological polar surface area (TPSA) is 43.2 Å². The molecule has 0 saturated carbocycles. The molecule has 1 aliphatic rings. The molecule has 1 aromatic rings. The summed E-state index contributed by atoms with van der Waals surface area (Å²) in [6.07, 6.45) is 7.04. The lowest BCUT2D eigenvalue weighted by atomic mass is 10.1. The van der Waals surface area contributed by atoms with Gasteiger partial charge in [0, 0.05) is 25.3 Å². The average molecular weight is 244 g/mol. The quantitative estimate of drug-likeness (QED) is 0.796. The molecule has 4 heteroatoms. The Hall–Kier alpha value is -1.60. The lowest BCUT2D eigenvalue weighted by Crippen LogP contribution is -2.30. The van der Waals surface area contributed by atoms with Crippen molar-refractivity contribution in [3.63, 3.8) is 0 Å². The van der Waals surface area contributed by atoms with Crippen LogP contribution < -0.4 is 4.90 Å². The summed E-state index contributed by atoms with van der Waals surface area (Å²) < 4.78 is 0. The standard InChI is InChI=1S/C14H20N4/c1-17(2)13-4-3-8-18(9-6-13)14-11-16-7-5-12(14)10-15/h5,7,11,13H,3-4,6,8-9H2,1-2H3. The molecule has 96 valence electrons. The Morgan fingerprint density at radius 2 is 2.22 bits per heavy atom. The van der Waals surface area contributed by atoms with Crippen LogP contribution in [0.25, 0.3) is 0 Å². The van der Waals surface area contributed by atoms with Gasteiger partial charge >= 0.3 is 0 Å². The minimum atomic E-state index is 0.650. The van der Waals surface area contributed by atoms with Crippen molar-refractivity contribution in [3.05, 3.63) is 24.0 Å². The summed E-state index contributed by atoms with van der Waals surface area (Å²) in [6.45, 7) is 2.02. The van der Waals surface area contributed by atoms with Crippen LogP contribution in [0.4, 0.5) is 5.69 Å². The first-order valence-electron chi connectivity index (χ1n) is 6.48. The van der Waals surface area contributed by atoms with E-state index in [1.54, 1.807) is 12.3 Å². The zero-order valence-corrected chi connectivity index (χ0v) is 11.1. The van der Waals surface area contributed by atoms with Gasteiger partial charge in [-0.05, 0) is 39.4 Å². The molecule has 0 radical (unpaired) electrons. The zero-order valence-electron chi connectivity index (χ0n) is 11.1. The van der Waals surface area contributed by atoms with Crippen molar-refractivity contribution in [2.45, 2.75) is 25.3 Å². The third kappa shape index (κ3) is 2.80. The van der Waals surface area contributed by atoms with E-state index in [1.807, 2.05) is 6.20 Å². The predicted molar refractivity (Wildman–Crippen MR) is 72.5 cm³/mol. The van der Waals surface area contributed by atoms with Gasteiger partial charge in [0.2, 0.25) is 0 Å². The molecule has 0 amide bonds. The van der Waals surface area contributed by atoms with Gasteiger partial charge in [-0.3, -0.25) is 4.98 Å². The second kappa shape index (κ2) is 5.83. The van der Waals surface area contributed by atoms with Gasteiger partial charge in [-0.15, -0.1) is 0 Å². The lowest BCUT2D eigenvalue weighted by Gasteiger charge is -2.25. The Morgan fingerprint density at radius 3 is 2.94 bits per heavy atom. The van der Waals surface area contributed by atoms with E-state index in [4.69, 9.17) is 5.26 Å². The van der Waals surface area contributed by atoms with E-state index in [9.17, 15) is 0 Å². The van der Waals surface area contributed by atoms with E-state index >= 15 is 0 Å². The van der Waals surface area contributed by atoms with E-state index in [1.165, 1.54) is 12.8 Å². The Balaban J connectivity index is 2.13. The first-order valence-corrected chi connectivity index (χ1v) is 6.48. The molecular weight excluding hydrogens is 224 g/mol. The summed E-state index contributed by atoms with van der Waals surface area (Å²) in [7, 11) is 4.29. The largest absolute Gasteiger partial charge is 0.369 e. The van der Waals surface area contributed by atoms with E-state index in [2.05, 4.69) is 34.9 Å². The maximum atomic E-state index is 9.15. The maximum Gasteiger partial charge on any atom is 0.101 e. The number of hydrogen-bond acceptors (Lipinski definition) is 4. The Morgan fingerprint density at radius 1 is 1.39 bits per heavy atom. The molecule has 0 N–H and O–H groups in total. The number of hydrogen-bond donors (Lipinski definition) is 0. The molecule has 1 fully saturated rings. The summed E-state index contributed by atoms with van der Waals surface area (Å²) in [4.78, 5) is 8.75. The highest BCUT2D eigenvalue weighted by molar-refractivity contribution is 5.57. The molecular formula is C14H20N4. The summed E-state index contributed by atoms with van der Waals surface area (Å²) in [5.41, 5.74) is 1.72. The van der Waals surface area contributed by atoms with Crippen molar-refractivity contribution in [1.29, 1.82) is 5.26 Å². The van der Waals surface area contributed by atoms with Gasteiger partial charge in [0.05, 0.1) is 17.4 Å². The molecule has 0 bridgehead atoms. The number of nitriles is 1. The summed E-state index contributed by atoms with van der Waals surface area (Å²) >= 11 is 0. The van der Waals surface area contributed by atoms with E-state index < -0.39 is 0 Å². The Kier molecular flexibility index (Phi) is 4.16. The Bertz CT molecular complexity index is 436. The third-order valence-electron chi connectivity index (χ3n) is 3.69. The highest BCUT2D eigenvalue weighted by Gasteiger charge is 2.20. The molecule has 4 nitrogen and oxygen atoms in total. The molecule has 1 unspecified atom stereocenters. The third-order valence-corrected chi connectivity index (χ3v) is 3.69. The van der Waals surface area contributed by atoms with Gasteiger partial charge in [-0.25, -0.2) is 0 Å². The van der Waals surface area contributed by atoms with Crippen LogP contribution in [0.1, 0.15) is 24.8 Å². The SMILES string of the molecule is CN(C)C1CCCN(c2cnccc2C#N)CC1. The summed E-state index contributed by atoms with van der Waals surface area (Å²) in [5.74, 6) is 0. The van der Waals surface area contributed by atoms with Crippen LogP contribution in [0.3, 0.4) is 0 Å². The molecule has 18 heavy (non-hydrogen) atoms. The minimum absolute atomic E-state index is 0.650. The van der Waals surface area contributed by atoms with Crippen molar-refractivity contribution >= 4 is 5.69 Å². The Labute approximate surface area is 109 Å².